The van der Waals surface area contributed by atoms with Gasteiger partial charge in [-0.1, -0.05) is 35.9 Å². The van der Waals surface area contributed by atoms with Crippen LogP contribution in [0.3, 0.4) is 0 Å². The summed E-state index contributed by atoms with van der Waals surface area (Å²) in [7, 11) is 1.75. The maximum absolute atomic E-state index is 6.11. The van der Waals surface area contributed by atoms with Gasteiger partial charge in [-0.15, -0.1) is 10.5 Å². The Morgan fingerprint density at radius 3 is 2.86 bits per heavy atom. The highest BCUT2D eigenvalue weighted by atomic mass is 35.5. The van der Waals surface area contributed by atoms with E-state index in [0.29, 0.717) is 16.7 Å². The SMILES string of the molecule is CNC(=S)N[NH+]=Cc1cccc(OCc2ccccc2Cl)c1. The highest BCUT2D eigenvalue weighted by Gasteiger charge is 2.02. The molecule has 2 aromatic rings. The fourth-order valence-electron chi connectivity index (χ4n) is 1.72. The number of thiocarbonyl (C=S) groups is 1. The first-order valence-corrected chi connectivity index (χ1v) is 7.50. The number of hydrazine groups is 1. The van der Waals surface area contributed by atoms with E-state index in [1.807, 2.05) is 48.5 Å². The Kier molecular flexibility index (Phi) is 6.18. The van der Waals surface area contributed by atoms with Gasteiger partial charge in [0.2, 0.25) is 5.11 Å². The fourth-order valence-corrected chi connectivity index (χ4v) is 1.97. The van der Waals surface area contributed by atoms with Crippen molar-refractivity contribution in [3.63, 3.8) is 0 Å². The summed E-state index contributed by atoms with van der Waals surface area (Å²) in [6.45, 7) is 0.429. The van der Waals surface area contributed by atoms with Gasteiger partial charge in [-0.2, -0.15) is 0 Å². The Labute approximate surface area is 140 Å². The molecule has 0 atom stereocenters. The first-order chi connectivity index (χ1) is 10.7. The van der Waals surface area contributed by atoms with E-state index < -0.39 is 0 Å². The van der Waals surface area contributed by atoms with Gasteiger partial charge in [-0.3, -0.25) is 0 Å². The average molecular weight is 335 g/mol. The van der Waals surface area contributed by atoms with Gasteiger partial charge in [0.25, 0.3) is 0 Å². The molecule has 0 unspecified atom stereocenters. The first kappa shape index (κ1) is 16.3. The van der Waals surface area contributed by atoms with Crippen LogP contribution in [0.15, 0.2) is 48.5 Å². The molecule has 0 saturated carbocycles. The van der Waals surface area contributed by atoms with Gasteiger partial charge >= 0.3 is 0 Å². The van der Waals surface area contributed by atoms with Gasteiger partial charge in [0.1, 0.15) is 12.4 Å². The quantitative estimate of drug-likeness (QED) is 0.440. The molecule has 0 saturated heterocycles. The minimum absolute atomic E-state index is 0.429. The molecule has 2 aromatic carbocycles. The Balaban J connectivity index is 1.97. The Hall–Kier alpha value is -2.11. The summed E-state index contributed by atoms with van der Waals surface area (Å²) < 4.78 is 5.77. The minimum Gasteiger partial charge on any atom is -0.489 e. The van der Waals surface area contributed by atoms with Crippen molar-refractivity contribution in [1.29, 1.82) is 0 Å². The summed E-state index contributed by atoms with van der Waals surface area (Å²) >= 11 is 11.1. The maximum atomic E-state index is 6.11. The Morgan fingerprint density at radius 2 is 2.09 bits per heavy atom. The molecule has 0 aliphatic heterocycles. The van der Waals surface area contributed by atoms with E-state index in [4.69, 9.17) is 28.6 Å². The number of hydrogen-bond acceptors (Lipinski definition) is 2. The number of rotatable bonds is 5. The molecule has 22 heavy (non-hydrogen) atoms. The molecule has 4 nitrogen and oxygen atoms in total. The van der Waals surface area contributed by atoms with Crippen molar-refractivity contribution in [2.75, 3.05) is 7.05 Å². The van der Waals surface area contributed by atoms with Crippen LogP contribution in [0.1, 0.15) is 11.1 Å². The number of nitrogens with one attached hydrogen (secondary N) is 3. The third kappa shape index (κ3) is 5.02. The van der Waals surface area contributed by atoms with Gasteiger partial charge in [0.15, 0.2) is 6.21 Å². The molecule has 0 aromatic heterocycles. The van der Waals surface area contributed by atoms with Crippen LogP contribution < -0.4 is 20.6 Å². The molecule has 0 amide bonds. The molecule has 0 fully saturated rings. The smallest absolute Gasteiger partial charge is 0.223 e. The monoisotopic (exact) mass is 334 g/mol. The molecule has 0 spiro atoms. The van der Waals surface area contributed by atoms with Crippen molar-refractivity contribution in [2.45, 2.75) is 6.61 Å². The minimum atomic E-state index is 0.429. The molecule has 114 valence electrons. The number of ether oxygens (including phenoxy) is 1. The largest absolute Gasteiger partial charge is 0.489 e. The summed E-state index contributed by atoms with van der Waals surface area (Å²) in [5.74, 6) is 0.770. The second kappa shape index (κ2) is 8.36. The molecule has 6 heteroatoms. The molecular formula is C16H17ClN3OS+. The second-order valence-electron chi connectivity index (χ2n) is 4.45. The lowest BCUT2D eigenvalue weighted by molar-refractivity contribution is -0.500. The number of hydrazone groups is 1. The van der Waals surface area contributed by atoms with Crippen molar-refractivity contribution in [3.05, 3.63) is 64.7 Å². The van der Waals surface area contributed by atoms with Crippen molar-refractivity contribution in [3.8, 4) is 5.75 Å². The number of halogens is 1. The highest BCUT2D eigenvalue weighted by molar-refractivity contribution is 7.80. The van der Waals surface area contributed by atoms with Crippen molar-refractivity contribution < 1.29 is 9.84 Å². The summed E-state index contributed by atoms with van der Waals surface area (Å²) in [5.41, 5.74) is 4.74. The summed E-state index contributed by atoms with van der Waals surface area (Å²) in [6.07, 6.45) is 1.80. The summed E-state index contributed by atoms with van der Waals surface area (Å²) in [4.78, 5) is 0. The van der Waals surface area contributed by atoms with E-state index in [0.717, 1.165) is 16.9 Å². The summed E-state index contributed by atoms with van der Waals surface area (Å²) in [6, 6.07) is 15.3. The molecule has 3 N–H and O–H groups in total. The van der Waals surface area contributed by atoms with E-state index in [9.17, 15) is 0 Å². The molecule has 0 radical (unpaired) electrons. The zero-order valence-electron chi connectivity index (χ0n) is 12.1. The topological polar surface area (TPSA) is 47.3 Å². The number of benzene rings is 2. The molecule has 0 heterocycles. The normalized spacial score (nSPS) is 10.5. The van der Waals surface area contributed by atoms with Crippen LogP contribution in [0.5, 0.6) is 5.75 Å². The average Bonchev–Trinajstić information content (AvgIpc) is 2.54. The van der Waals surface area contributed by atoms with E-state index >= 15 is 0 Å². The van der Waals surface area contributed by atoms with Crippen LogP contribution in [0.2, 0.25) is 5.02 Å². The van der Waals surface area contributed by atoms with Crippen molar-refractivity contribution >= 4 is 35.1 Å². The van der Waals surface area contributed by atoms with Crippen molar-refractivity contribution in [1.82, 2.24) is 10.7 Å². The van der Waals surface area contributed by atoms with E-state index in [-0.39, 0.29) is 0 Å². The number of hydrogen-bond donors (Lipinski definition) is 3. The van der Waals surface area contributed by atoms with E-state index in [1.165, 1.54) is 0 Å². The Morgan fingerprint density at radius 1 is 1.27 bits per heavy atom. The lowest BCUT2D eigenvalue weighted by Gasteiger charge is -2.07. The van der Waals surface area contributed by atoms with E-state index in [1.54, 1.807) is 13.3 Å². The lowest BCUT2D eigenvalue weighted by atomic mass is 10.2. The molecule has 0 aliphatic carbocycles. The predicted molar refractivity (Wildman–Crippen MR) is 93.1 cm³/mol. The first-order valence-electron chi connectivity index (χ1n) is 6.72. The Bertz CT molecular complexity index is 676. The molecule has 0 aliphatic rings. The molecule has 0 bridgehead atoms. The van der Waals surface area contributed by atoms with Crippen LogP contribution in [-0.2, 0) is 6.61 Å². The summed E-state index contributed by atoms with van der Waals surface area (Å²) in [5, 5.41) is 6.94. The van der Waals surface area contributed by atoms with Crippen molar-refractivity contribution in [2.24, 2.45) is 0 Å². The standard InChI is InChI=1S/C16H16ClN3OS/c1-18-16(22)20-19-10-12-5-4-7-14(9-12)21-11-13-6-2-3-8-15(13)17/h2-10H,11H2,1H3,(H2,18,20,22)/p+1. The zero-order valence-corrected chi connectivity index (χ0v) is 13.7. The van der Waals surface area contributed by atoms with Crippen LogP contribution in [0, 0.1) is 0 Å². The van der Waals surface area contributed by atoms with Gasteiger partial charge in [-0.05, 0) is 36.5 Å². The van der Waals surface area contributed by atoms with Gasteiger partial charge in [0, 0.05) is 23.2 Å². The highest BCUT2D eigenvalue weighted by Crippen LogP contribution is 2.18. The third-order valence-electron chi connectivity index (χ3n) is 2.86. The van der Waals surface area contributed by atoms with Crippen LogP contribution in [0.4, 0.5) is 0 Å². The van der Waals surface area contributed by atoms with E-state index in [2.05, 4.69) is 15.8 Å². The van der Waals surface area contributed by atoms with Gasteiger partial charge < -0.3 is 10.1 Å². The third-order valence-corrected chi connectivity index (χ3v) is 3.54. The zero-order chi connectivity index (χ0) is 15.8. The van der Waals surface area contributed by atoms with Crippen LogP contribution in [-0.4, -0.2) is 18.4 Å². The molecular weight excluding hydrogens is 318 g/mol. The second-order valence-corrected chi connectivity index (χ2v) is 5.26. The predicted octanol–water partition coefficient (Wildman–Crippen LogP) is 1.43. The fraction of sp³-hybridized carbons (Fsp3) is 0.125. The van der Waals surface area contributed by atoms with Crippen LogP contribution in [0.25, 0.3) is 0 Å². The molecule has 2 rings (SSSR count). The lowest BCUT2D eigenvalue weighted by Crippen LogP contribution is -2.82. The van der Waals surface area contributed by atoms with Gasteiger partial charge in [0.05, 0.1) is 0 Å². The van der Waals surface area contributed by atoms with Crippen LogP contribution >= 0.6 is 23.8 Å². The maximum Gasteiger partial charge on any atom is 0.223 e. The van der Waals surface area contributed by atoms with Gasteiger partial charge in [-0.25, -0.2) is 0 Å².